The molecule has 0 aliphatic heterocycles. The molecule has 1 unspecified atom stereocenters. The van der Waals surface area contributed by atoms with Crippen LogP contribution in [0.25, 0.3) is 0 Å². The largest absolute Gasteiger partial charge is 0.480 e. The first-order chi connectivity index (χ1) is 9.55. The fourth-order valence-corrected chi connectivity index (χ4v) is 2.43. The van der Waals surface area contributed by atoms with Crippen LogP contribution in [0, 0.1) is 5.41 Å². The zero-order valence-electron chi connectivity index (χ0n) is 11.0. The molecule has 4 nitrogen and oxygen atoms in total. The summed E-state index contributed by atoms with van der Waals surface area (Å²) in [5, 5.41) is 9.00. The molecule has 4 heteroatoms. The minimum absolute atomic E-state index is 0.0876. The third-order valence-electron chi connectivity index (χ3n) is 3.53. The van der Waals surface area contributed by atoms with Crippen LogP contribution in [-0.2, 0) is 4.79 Å². The summed E-state index contributed by atoms with van der Waals surface area (Å²) in [6.07, 6.45) is 7.83. The molecular weight excluding hydrogens is 254 g/mol. The number of carboxylic acid groups (broad SMARTS) is 1. The highest BCUT2D eigenvalue weighted by molar-refractivity contribution is 6.02. The van der Waals surface area contributed by atoms with E-state index in [9.17, 15) is 9.59 Å². The fraction of sp³-hybridized carbons (Fsp3) is 0.250. The van der Waals surface area contributed by atoms with Crippen LogP contribution in [0.15, 0.2) is 54.6 Å². The van der Waals surface area contributed by atoms with Crippen LogP contribution >= 0.6 is 0 Å². The van der Waals surface area contributed by atoms with E-state index in [1.54, 1.807) is 36.4 Å². The molecule has 0 saturated carbocycles. The second-order valence-corrected chi connectivity index (χ2v) is 4.99. The molecular formula is C16H17NO3. The Balaban J connectivity index is 2.33. The normalized spacial score (nSPS) is 22.4. The van der Waals surface area contributed by atoms with Gasteiger partial charge in [-0.1, -0.05) is 54.6 Å². The summed E-state index contributed by atoms with van der Waals surface area (Å²) in [4.78, 5) is 23.7. The minimum Gasteiger partial charge on any atom is -0.480 e. The van der Waals surface area contributed by atoms with Crippen molar-refractivity contribution in [2.24, 2.45) is 11.1 Å². The van der Waals surface area contributed by atoms with E-state index < -0.39 is 17.4 Å². The van der Waals surface area contributed by atoms with E-state index in [2.05, 4.69) is 0 Å². The van der Waals surface area contributed by atoms with E-state index in [-0.39, 0.29) is 12.2 Å². The molecule has 1 aliphatic carbocycles. The second-order valence-electron chi connectivity index (χ2n) is 4.99. The van der Waals surface area contributed by atoms with Gasteiger partial charge in [-0.05, 0) is 12.8 Å². The summed E-state index contributed by atoms with van der Waals surface area (Å²) < 4.78 is 0. The average Bonchev–Trinajstić information content (AvgIpc) is 2.48. The van der Waals surface area contributed by atoms with Crippen molar-refractivity contribution >= 4 is 11.8 Å². The van der Waals surface area contributed by atoms with Crippen LogP contribution in [0.5, 0.6) is 0 Å². The Labute approximate surface area is 117 Å². The van der Waals surface area contributed by atoms with Gasteiger partial charge in [-0.15, -0.1) is 0 Å². The molecule has 0 fully saturated rings. The number of ketones is 1. The van der Waals surface area contributed by atoms with Gasteiger partial charge in [-0.2, -0.15) is 0 Å². The summed E-state index contributed by atoms with van der Waals surface area (Å²) in [6, 6.07) is 7.84. The second kappa shape index (κ2) is 5.84. The Morgan fingerprint density at radius 3 is 2.50 bits per heavy atom. The summed E-state index contributed by atoms with van der Waals surface area (Å²) in [5.74, 6) is -1.18. The molecule has 0 radical (unpaired) electrons. The van der Waals surface area contributed by atoms with E-state index >= 15 is 0 Å². The molecule has 1 aromatic rings. The van der Waals surface area contributed by atoms with Crippen LogP contribution in [0.4, 0.5) is 0 Å². The van der Waals surface area contributed by atoms with Crippen molar-refractivity contribution in [3.8, 4) is 0 Å². The monoisotopic (exact) mass is 271 g/mol. The smallest absolute Gasteiger partial charge is 0.320 e. The molecule has 0 aromatic heterocycles. The summed E-state index contributed by atoms with van der Waals surface area (Å²) >= 11 is 0. The molecule has 0 amide bonds. The quantitative estimate of drug-likeness (QED) is 0.804. The lowest BCUT2D eigenvalue weighted by atomic mass is 9.71. The lowest BCUT2D eigenvalue weighted by Crippen LogP contribution is -2.41. The third kappa shape index (κ3) is 2.86. The zero-order valence-corrected chi connectivity index (χ0v) is 11.0. The predicted molar refractivity (Wildman–Crippen MR) is 76.3 cm³/mol. The van der Waals surface area contributed by atoms with Crippen molar-refractivity contribution in [1.29, 1.82) is 0 Å². The van der Waals surface area contributed by atoms with E-state index in [1.807, 2.05) is 18.2 Å². The number of allylic oxidation sites excluding steroid dienone is 4. The number of carbonyl (C=O) groups is 2. The summed E-state index contributed by atoms with van der Waals surface area (Å²) in [5.41, 5.74) is 5.35. The number of rotatable bonds is 5. The lowest BCUT2D eigenvalue weighted by Gasteiger charge is -2.31. The van der Waals surface area contributed by atoms with Gasteiger partial charge in [0.05, 0.1) is 5.41 Å². The maximum Gasteiger partial charge on any atom is 0.320 e. The number of hydrogen-bond donors (Lipinski definition) is 2. The maximum atomic E-state index is 12.7. The van der Waals surface area contributed by atoms with Crippen molar-refractivity contribution < 1.29 is 14.7 Å². The van der Waals surface area contributed by atoms with Gasteiger partial charge in [0.25, 0.3) is 0 Å². The number of carboxylic acids is 1. The maximum absolute atomic E-state index is 12.7. The number of Topliss-reactive ketones (excluding diaryl/α,β-unsaturated/α-hetero) is 1. The van der Waals surface area contributed by atoms with Gasteiger partial charge in [-0.3, -0.25) is 9.59 Å². The molecule has 0 bridgehead atoms. The Morgan fingerprint density at radius 2 is 1.95 bits per heavy atom. The van der Waals surface area contributed by atoms with E-state index in [1.165, 1.54) is 0 Å². The van der Waals surface area contributed by atoms with Crippen LogP contribution in [0.2, 0.25) is 0 Å². The molecule has 2 rings (SSSR count). The van der Waals surface area contributed by atoms with E-state index in [0.717, 1.165) is 0 Å². The highest BCUT2D eigenvalue weighted by atomic mass is 16.4. The highest BCUT2D eigenvalue weighted by Gasteiger charge is 2.39. The number of carbonyl (C=O) groups excluding carboxylic acids is 1. The molecule has 2 atom stereocenters. The number of nitrogens with two attached hydrogens (primary N) is 1. The first kappa shape index (κ1) is 14.2. The SMILES string of the molecule is N[C@@H](CC1(C(=O)c2ccccc2)C=CC=CC1)C(=O)O. The Bertz CT molecular complexity index is 562. The Morgan fingerprint density at radius 1 is 1.25 bits per heavy atom. The molecule has 1 aromatic carbocycles. The van der Waals surface area contributed by atoms with E-state index in [4.69, 9.17) is 10.8 Å². The van der Waals surface area contributed by atoms with Gasteiger partial charge >= 0.3 is 5.97 Å². The summed E-state index contributed by atoms with van der Waals surface area (Å²) in [7, 11) is 0. The number of benzene rings is 1. The summed E-state index contributed by atoms with van der Waals surface area (Å²) in [6.45, 7) is 0. The van der Waals surface area contributed by atoms with E-state index in [0.29, 0.717) is 12.0 Å². The fourth-order valence-electron chi connectivity index (χ4n) is 2.43. The van der Waals surface area contributed by atoms with Crippen LogP contribution < -0.4 is 5.73 Å². The Kier molecular flexibility index (Phi) is 4.15. The molecule has 0 saturated heterocycles. The van der Waals surface area contributed by atoms with Crippen LogP contribution in [0.3, 0.4) is 0 Å². The third-order valence-corrected chi connectivity index (χ3v) is 3.53. The molecule has 0 spiro atoms. The highest BCUT2D eigenvalue weighted by Crippen LogP contribution is 2.36. The van der Waals surface area contributed by atoms with Gasteiger partial charge < -0.3 is 10.8 Å². The molecule has 0 heterocycles. The molecule has 3 N–H and O–H groups in total. The van der Waals surface area contributed by atoms with Gasteiger partial charge in [-0.25, -0.2) is 0 Å². The Hall–Kier alpha value is -2.20. The first-order valence-electron chi connectivity index (χ1n) is 6.48. The number of hydrogen-bond acceptors (Lipinski definition) is 3. The standard InChI is InChI=1S/C16H17NO3/c17-13(15(19)20)11-16(9-5-2-6-10-16)14(18)12-7-3-1-4-8-12/h1-9,13H,10-11,17H2,(H,19,20)/t13-,16?/m0/s1. The average molecular weight is 271 g/mol. The van der Waals surface area contributed by atoms with Gasteiger partial charge in [0.2, 0.25) is 0 Å². The van der Waals surface area contributed by atoms with Crippen molar-refractivity contribution in [3.63, 3.8) is 0 Å². The topological polar surface area (TPSA) is 80.4 Å². The van der Waals surface area contributed by atoms with Crippen molar-refractivity contribution in [3.05, 3.63) is 60.2 Å². The van der Waals surface area contributed by atoms with Gasteiger partial charge in [0, 0.05) is 5.56 Å². The van der Waals surface area contributed by atoms with Crippen molar-refractivity contribution in [1.82, 2.24) is 0 Å². The molecule has 1 aliphatic rings. The lowest BCUT2D eigenvalue weighted by molar-refractivity contribution is -0.139. The van der Waals surface area contributed by atoms with Crippen LogP contribution in [-0.4, -0.2) is 22.9 Å². The zero-order chi connectivity index (χ0) is 14.6. The van der Waals surface area contributed by atoms with Crippen LogP contribution in [0.1, 0.15) is 23.2 Å². The minimum atomic E-state index is -1.09. The number of aliphatic carboxylic acids is 1. The predicted octanol–water partition coefficient (Wildman–Crippen LogP) is 2.17. The van der Waals surface area contributed by atoms with Gasteiger partial charge in [0.15, 0.2) is 5.78 Å². The first-order valence-corrected chi connectivity index (χ1v) is 6.48. The molecule has 20 heavy (non-hydrogen) atoms. The van der Waals surface area contributed by atoms with Crippen molar-refractivity contribution in [2.45, 2.75) is 18.9 Å². The molecule has 104 valence electrons. The van der Waals surface area contributed by atoms with Gasteiger partial charge in [0.1, 0.15) is 6.04 Å². The van der Waals surface area contributed by atoms with Crippen molar-refractivity contribution in [2.75, 3.05) is 0 Å².